The number of furan rings is 1. The summed E-state index contributed by atoms with van der Waals surface area (Å²) in [6.07, 6.45) is 4.33. The van der Waals surface area contributed by atoms with Crippen molar-refractivity contribution in [3.63, 3.8) is 0 Å². The minimum atomic E-state index is 0.624. The third-order valence-electron chi connectivity index (χ3n) is 4.24. The van der Waals surface area contributed by atoms with Crippen LogP contribution in [0.4, 0.5) is 0 Å². The Morgan fingerprint density at radius 1 is 1.22 bits per heavy atom. The lowest BCUT2D eigenvalue weighted by molar-refractivity contribution is 0.398. The van der Waals surface area contributed by atoms with Crippen molar-refractivity contribution in [1.29, 1.82) is 0 Å². The first-order chi connectivity index (χ1) is 13.3. The molecule has 3 aromatic rings. The van der Waals surface area contributed by atoms with E-state index < -0.39 is 0 Å². The van der Waals surface area contributed by atoms with E-state index in [-0.39, 0.29) is 0 Å². The molecule has 2 heterocycles. The molecule has 0 atom stereocenters. The molecule has 0 aliphatic carbocycles. The first kappa shape index (κ1) is 18.7. The summed E-state index contributed by atoms with van der Waals surface area (Å²) < 4.78 is 7.53. The molecule has 7 heteroatoms. The summed E-state index contributed by atoms with van der Waals surface area (Å²) in [7, 11) is 2.01. The van der Waals surface area contributed by atoms with Crippen LogP contribution in [0, 0.1) is 0 Å². The van der Waals surface area contributed by atoms with Gasteiger partial charge >= 0.3 is 0 Å². The van der Waals surface area contributed by atoms with Crippen molar-refractivity contribution < 1.29 is 4.42 Å². The third kappa shape index (κ3) is 5.44. The highest BCUT2D eigenvalue weighted by Crippen LogP contribution is 2.06. The molecule has 1 aromatic carbocycles. The first-order valence-electron chi connectivity index (χ1n) is 9.18. The smallest absolute Gasteiger partial charge is 0.194 e. The molecular formula is C20H26N6O. The number of benzene rings is 1. The maximum Gasteiger partial charge on any atom is 0.194 e. The molecule has 7 nitrogen and oxygen atoms in total. The highest BCUT2D eigenvalue weighted by atomic mass is 16.3. The second kappa shape index (κ2) is 9.56. The zero-order valence-corrected chi connectivity index (χ0v) is 15.9. The maximum atomic E-state index is 5.47. The molecule has 0 unspecified atom stereocenters. The summed E-state index contributed by atoms with van der Waals surface area (Å²) in [5, 5.41) is 11.6. The Morgan fingerprint density at radius 2 is 2.07 bits per heavy atom. The predicted molar refractivity (Wildman–Crippen MR) is 105 cm³/mol. The van der Waals surface area contributed by atoms with Gasteiger partial charge in [0.25, 0.3) is 0 Å². The summed E-state index contributed by atoms with van der Waals surface area (Å²) >= 11 is 0. The average Bonchev–Trinajstić information content (AvgIpc) is 3.36. The van der Waals surface area contributed by atoms with E-state index in [1.165, 1.54) is 5.56 Å². The van der Waals surface area contributed by atoms with Gasteiger partial charge in [-0.25, -0.2) is 4.99 Å². The van der Waals surface area contributed by atoms with Gasteiger partial charge < -0.3 is 19.2 Å². The molecule has 0 spiro atoms. The number of aromatic nitrogens is 3. The summed E-state index contributed by atoms with van der Waals surface area (Å²) in [6, 6.07) is 14.1. The molecule has 0 saturated heterocycles. The Bertz CT molecular complexity index is 825. The van der Waals surface area contributed by atoms with Gasteiger partial charge in [-0.3, -0.25) is 0 Å². The number of hydrogen-bond acceptors (Lipinski definition) is 4. The lowest BCUT2D eigenvalue weighted by atomic mass is 10.2. The zero-order valence-electron chi connectivity index (χ0n) is 15.9. The van der Waals surface area contributed by atoms with Crippen molar-refractivity contribution >= 4 is 5.96 Å². The van der Waals surface area contributed by atoms with Gasteiger partial charge in [0.1, 0.15) is 17.9 Å². The monoisotopic (exact) mass is 366 g/mol. The fourth-order valence-corrected chi connectivity index (χ4v) is 2.80. The van der Waals surface area contributed by atoms with E-state index in [0.29, 0.717) is 13.1 Å². The van der Waals surface area contributed by atoms with E-state index in [1.807, 2.05) is 37.4 Å². The van der Waals surface area contributed by atoms with Gasteiger partial charge in [0.15, 0.2) is 5.96 Å². The van der Waals surface area contributed by atoms with Gasteiger partial charge in [0.2, 0.25) is 0 Å². The molecule has 1 N–H and O–H groups in total. The van der Waals surface area contributed by atoms with Crippen LogP contribution in [0.2, 0.25) is 0 Å². The summed E-state index contributed by atoms with van der Waals surface area (Å²) in [4.78, 5) is 6.85. The molecule has 0 saturated carbocycles. The van der Waals surface area contributed by atoms with E-state index in [9.17, 15) is 0 Å². The number of aryl methyl sites for hydroxylation is 1. The summed E-state index contributed by atoms with van der Waals surface area (Å²) in [5.74, 6) is 2.73. The van der Waals surface area contributed by atoms with Crippen LogP contribution in [-0.4, -0.2) is 39.2 Å². The number of nitrogens with zero attached hydrogens (tertiary/aromatic N) is 5. The minimum absolute atomic E-state index is 0.624. The summed E-state index contributed by atoms with van der Waals surface area (Å²) in [6.45, 7) is 4.88. The van der Waals surface area contributed by atoms with E-state index >= 15 is 0 Å². The third-order valence-corrected chi connectivity index (χ3v) is 4.24. The Hall–Kier alpha value is -3.09. The predicted octanol–water partition coefficient (Wildman–Crippen LogP) is 2.71. The second-order valence-electron chi connectivity index (χ2n) is 6.28. The van der Waals surface area contributed by atoms with Gasteiger partial charge in [-0.05, 0) is 17.7 Å². The van der Waals surface area contributed by atoms with Gasteiger partial charge in [-0.15, -0.1) is 10.2 Å². The van der Waals surface area contributed by atoms with Crippen LogP contribution in [0.15, 0.2) is 64.5 Å². The van der Waals surface area contributed by atoms with Crippen molar-refractivity contribution in [2.75, 3.05) is 13.6 Å². The number of guanidine groups is 1. The van der Waals surface area contributed by atoms with Gasteiger partial charge in [0, 0.05) is 26.6 Å². The SMILES string of the molecule is CCc1nncn1CCNC(=NCc1ccccc1)N(C)Cc1ccco1. The molecule has 0 radical (unpaired) electrons. The Labute approximate surface area is 159 Å². The van der Waals surface area contributed by atoms with Gasteiger partial charge in [-0.1, -0.05) is 37.3 Å². The van der Waals surface area contributed by atoms with Crippen LogP contribution in [0.5, 0.6) is 0 Å². The number of rotatable bonds is 8. The van der Waals surface area contributed by atoms with Crippen molar-refractivity contribution in [1.82, 2.24) is 25.0 Å². The Kier molecular flexibility index (Phi) is 6.62. The molecule has 142 valence electrons. The number of hydrogen-bond donors (Lipinski definition) is 1. The molecule has 3 rings (SSSR count). The number of aliphatic imine (C=N–C) groups is 1. The normalized spacial score (nSPS) is 11.6. The molecule has 0 aliphatic heterocycles. The molecular weight excluding hydrogens is 340 g/mol. The van der Waals surface area contributed by atoms with Crippen molar-refractivity contribution in [2.24, 2.45) is 4.99 Å². The molecule has 0 amide bonds. The van der Waals surface area contributed by atoms with E-state index in [4.69, 9.17) is 9.41 Å². The van der Waals surface area contributed by atoms with Crippen molar-refractivity contribution in [2.45, 2.75) is 33.0 Å². The van der Waals surface area contributed by atoms with Crippen LogP contribution in [0.1, 0.15) is 24.1 Å². The summed E-state index contributed by atoms with van der Waals surface area (Å²) in [5.41, 5.74) is 1.18. The van der Waals surface area contributed by atoms with Crippen LogP contribution in [0.25, 0.3) is 0 Å². The van der Waals surface area contributed by atoms with Crippen molar-refractivity contribution in [3.8, 4) is 0 Å². The largest absolute Gasteiger partial charge is 0.467 e. The van der Waals surface area contributed by atoms with Crippen molar-refractivity contribution in [3.05, 3.63) is 72.2 Å². The molecule has 27 heavy (non-hydrogen) atoms. The lowest BCUT2D eigenvalue weighted by Crippen LogP contribution is -2.40. The van der Waals surface area contributed by atoms with Gasteiger partial charge in [-0.2, -0.15) is 0 Å². The fourth-order valence-electron chi connectivity index (χ4n) is 2.80. The highest BCUT2D eigenvalue weighted by molar-refractivity contribution is 5.79. The maximum absolute atomic E-state index is 5.47. The van der Waals surface area contributed by atoms with Crippen LogP contribution < -0.4 is 5.32 Å². The topological polar surface area (TPSA) is 71.5 Å². The van der Waals surface area contributed by atoms with Crippen LogP contribution in [0.3, 0.4) is 0 Å². The fraction of sp³-hybridized carbons (Fsp3) is 0.350. The first-order valence-corrected chi connectivity index (χ1v) is 9.18. The van der Waals surface area contributed by atoms with E-state index in [1.54, 1.807) is 12.6 Å². The Balaban J connectivity index is 1.64. The molecule has 0 fully saturated rings. The quantitative estimate of drug-likeness (QED) is 0.490. The Morgan fingerprint density at radius 3 is 2.81 bits per heavy atom. The lowest BCUT2D eigenvalue weighted by Gasteiger charge is -2.22. The molecule has 2 aromatic heterocycles. The van der Waals surface area contributed by atoms with Crippen LogP contribution in [-0.2, 0) is 26.1 Å². The van der Waals surface area contributed by atoms with E-state index in [0.717, 1.165) is 37.1 Å². The number of nitrogens with one attached hydrogen (secondary N) is 1. The van der Waals surface area contributed by atoms with Gasteiger partial charge in [0.05, 0.1) is 19.4 Å². The molecule has 0 aliphatic rings. The van der Waals surface area contributed by atoms with Crippen LogP contribution >= 0.6 is 0 Å². The molecule has 0 bridgehead atoms. The average molecular weight is 366 g/mol. The zero-order chi connectivity index (χ0) is 18.9. The second-order valence-corrected chi connectivity index (χ2v) is 6.28. The van der Waals surface area contributed by atoms with E-state index in [2.05, 4.69) is 44.0 Å². The minimum Gasteiger partial charge on any atom is -0.467 e. The highest BCUT2D eigenvalue weighted by Gasteiger charge is 2.09. The standard InChI is InChI=1S/C20H26N6O/c1-3-19-24-23-16-26(19)12-11-21-20(22-14-17-8-5-4-6-9-17)25(2)15-18-10-7-13-27-18/h4-10,13,16H,3,11-12,14-15H2,1-2H3,(H,21,22).